The topological polar surface area (TPSA) is 75.9 Å². The molecule has 2 aromatic heterocycles. The van der Waals surface area contributed by atoms with Crippen molar-refractivity contribution in [3.63, 3.8) is 0 Å². The SMILES string of the molecule is CSc1ncc(CO)c(Nc2ccn(C)n2)n1. The molecule has 2 aromatic rings. The van der Waals surface area contributed by atoms with Gasteiger partial charge in [0.2, 0.25) is 0 Å². The Hall–Kier alpha value is -1.60. The number of anilines is 2. The lowest BCUT2D eigenvalue weighted by Gasteiger charge is -2.07. The van der Waals surface area contributed by atoms with Gasteiger partial charge in [0.1, 0.15) is 5.82 Å². The van der Waals surface area contributed by atoms with Crippen molar-refractivity contribution in [2.75, 3.05) is 11.6 Å². The number of hydrogen-bond donors (Lipinski definition) is 2. The van der Waals surface area contributed by atoms with E-state index in [2.05, 4.69) is 20.4 Å². The largest absolute Gasteiger partial charge is 0.391 e. The summed E-state index contributed by atoms with van der Waals surface area (Å²) in [7, 11) is 1.84. The maximum absolute atomic E-state index is 9.21. The molecule has 0 unspecified atom stereocenters. The maximum Gasteiger partial charge on any atom is 0.189 e. The summed E-state index contributed by atoms with van der Waals surface area (Å²) in [4.78, 5) is 8.40. The molecule has 0 aliphatic heterocycles. The van der Waals surface area contributed by atoms with Crippen LogP contribution in [0.5, 0.6) is 0 Å². The van der Waals surface area contributed by atoms with Crippen molar-refractivity contribution in [1.29, 1.82) is 0 Å². The van der Waals surface area contributed by atoms with E-state index in [0.717, 1.165) is 0 Å². The van der Waals surface area contributed by atoms with Gasteiger partial charge in [0.05, 0.1) is 6.61 Å². The zero-order valence-corrected chi connectivity index (χ0v) is 10.4. The highest BCUT2D eigenvalue weighted by molar-refractivity contribution is 7.98. The minimum atomic E-state index is -0.107. The summed E-state index contributed by atoms with van der Waals surface area (Å²) in [6.07, 6.45) is 5.35. The summed E-state index contributed by atoms with van der Waals surface area (Å²) >= 11 is 1.45. The van der Waals surface area contributed by atoms with Gasteiger partial charge >= 0.3 is 0 Å². The van der Waals surface area contributed by atoms with E-state index in [9.17, 15) is 5.11 Å². The van der Waals surface area contributed by atoms with E-state index in [1.165, 1.54) is 11.8 Å². The van der Waals surface area contributed by atoms with E-state index < -0.39 is 0 Å². The number of aliphatic hydroxyl groups excluding tert-OH is 1. The maximum atomic E-state index is 9.21. The highest BCUT2D eigenvalue weighted by Gasteiger charge is 2.07. The Kier molecular flexibility index (Phi) is 3.60. The van der Waals surface area contributed by atoms with Crippen LogP contribution in [0.25, 0.3) is 0 Å². The molecule has 0 bridgehead atoms. The average molecular weight is 251 g/mol. The third-order valence-electron chi connectivity index (χ3n) is 2.16. The van der Waals surface area contributed by atoms with Gasteiger partial charge in [-0.25, -0.2) is 9.97 Å². The summed E-state index contributed by atoms with van der Waals surface area (Å²) in [5.41, 5.74) is 0.647. The Morgan fingerprint density at radius 3 is 2.94 bits per heavy atom. The molecule has 17 heavy (non-hydrogen) atoms. The predicted octanol–water partition coefficient (Wildman–Crippen LogP) is 1.17. The van der Waals surface area contributed by atoms with Crippen LogP contribution in [0.1, 0.15) is 5.56 Å². The minimum absolute atomic E-state index is 0.107. The van der Waals surface area contributed by atoms with Crippen molar-refractivity contribution in [2.45, 2.75) is 11.8 Å². The molecule has 6 nitrogen and oxygen atoms in total. The molecule has 0 atom stereocenters. The number of aliphatic hydroxyl groups is 1. The first-order valence-corrected chi connectivity index (χ1v) is 6.23. The van der Waals surface area contributed by atoms with E-state index in [0.29, 0.717) is 22.4 Å². The van der Waals surface area contributed by atoms with Crippen LogP contribution in [0.3, 0.4) is 0 Å². The lowest BCUT2D eigenvalue weighted by Crippen LogP contribution is -2.02. The number of aromatic nitrogens is 4. The first kappa shape index (κ1) is 11.9. The minimum Gasteiger partial charge on any atom is -0.391 e. The van der Waals surface area contributed by atoms with E-state index in [4.69, 9.17) is 0 Å². The van der Waals surface area contributed by atoms with Crippen molar-refractivity contribution in [3.8, 4) is 0 Å². The van der Waals surface area contributed by atoms with Gasteiger partial charge in [0.25, 0.3) is 0 Å². The molecule has 2 rings (SSSR count). The Bertz CT molecular complexity index is 513. The number of thioether (sulfide) groups is 1. The van der Waals surface area contributed by atoms with Crippen molar-refractivity contribution in [3.05, 3.63) is 24.0 Å². The molecule has 0 fully saturated rings. The van der Waals surface area contributed by atoms with Crippen molar-refractivity contribution >= 4 is 23.4 Å². The highest BCUT2D eigenvalue weighted by atomic mass is 32.2. The Morgan fingerprint density at radius 1 is 1.53 bits per heavy atom. The average Bonchev–Trinajstić information content (AvgIpc) is 2.74. The van der Waals surface area contributed by atoms with E-state index in [1.54, 1.807) is 10.9 Å². The number of aryl methyl sites for hydroxylation is 1. The number of hydrogen-bond acceptors (Lipinski definition) is 6. The molecule has 2 heterocycles. The first-order valence-electron chi connectivity index (χ1n) is 5.00. The molecule has 90 valence electrons. The van der Waals surface area contributed by atoms with E-state index >= 15 is 0 Å². The zero-order chi connectivity index (χ0) is 12.3. The Balaban J connectivity index is 2.29. The molecular weight excluding hydrogens is 238 g/mol. The highest BCUT2D eigenvalue weighted by Crippen LogP contribution is 2.19. The van der Waals surface area contributed by atoms with Crippen LogP contribution in [0.2, 0.25) is 0 Å². The molecule has 0 amide bonds. The Labute approximate surface area is 103 Å². The fourth-order valence-corrected chi connectivity index (χ4v) is 1.66. The van der Waals surface area contributed by atoms with Gasteiger partial charge in [-0.15, -0.1) is 0 Å². The lowest BCUT2D eigenvalue weighted by molar-refractivity contribution is 0.281. The van der Waals surface area contributed by atoms with E-state index in [-0.39, 0.29) is 6.61 Å². The van der Waals surface area contributed by atoms with Gasteiger partial charge in [-0.3, -0.25) is 4.68 Å². The summed E-state index contributed by atoms with van der Waals surface area (Å²) < 4.78 is 1.69. The van der Waals surface area contributed by atoms with Crippen LogP contribution >= 0.6 is 11.8 Å². The monoisotopic (exact) mass is 251 g/mol. The smallest absolute Gasteiger partial charge is 0.189 e. The van der Waals surface area contributed by atoms with Crippen LogP contribution in [0.15, 0.2) is 23.6 Å². The summed E-state index contributed by atoms with van der Waals surface area (Å²) in [6.45, 7) is -0.107. The van der Waals surface area contributed by atoms with Gasteiger partial charge in [0.15, 0.2) is 11.0 Å². The number of nitrogens with one attached hydrogen (secondary N) is 1. The van der Waals surface area contributed by atoms with Gasteiger partial charge in [0, 0.05) is 31.1 Å². The van der Waals surface area contributed by atoms with Crippen molar-refractivity contribution in [2.24, 2.45) is 7.05 Å². The standard InChI is InChI=1S/C10H13N5OS/c1-15-4-3-8(14-15)12-9-7(6-16)5-11-10(13-9)17-2/h3-5,16H,6H2,1-2H3,(H,11,12,13,14). The van der Waals surface area contributed by atoms with Crippen LogP contribution < -0.4 is 5.32 Å². The molecule has 0 saturated heterocycles. The number of rotatable bonds is 4. The summed E-state index contributed by atoms with van der Waals surface area (Å²) in [5, 5.41) is 17.1. The van der Waals surface area contributed by atoms with Crippen molar-refractivity contribution in [1.82, 2.24) is 19.7 Å². The lowest BCUT2D eigenvalue weighted by atomic mass is 10.3. The molecule has 2 N–H and O–H groups in total. The van der Waals surface area contributed by atoms with Crippen LogP contribution in [-0.2, 0) is 13.7 Å². The molecule has 0 aromatic carbocycles. The third-order valence-corrected chi connectivity index (χ3v) is 2.72. The van der Waals surface area contributed by atoms with E-state index in [1.807, 2.05) is 25.6 Å². The molecule has 0 spiro atoms. The molecule has 0 radical (unpaired) electrons. The quantitative estimate of drug-likeness (QED) is 0.627. The fourth-order valence-electron chi connectivity index (χ4n) is 1.32. The van der Waals surface area contributed by atoms with Gasteiger partial charge < -0.3 is 10.4 Å². The Morgan fingerprint density at radius 2 is 2.35 bits per heavy atom. The molecule has 0 saturated carbocycles. The second-order valence-corrected chi connectivity index (χ2v) is 4.16. The molecule has 0 aliphatic rings. The van der Waals surface area contributed by atoms with Gasteiger partial charge in [-0.2, -0.15) is 5.10 Å². The second kappa shape index (κ2) is 5.15. The van der Waals surface area contributed by atoms with Gasteiger partial charge in [-0.1, -0.05) is 11.8 Å². The molecule has 0 aliphatic carbocycles. The normalized spacial score (nSPS) is 10.5. The predicted molar refractivity (Wildman–Crippen MR) is 66.2 cm³/mol. The van der Waals surface area contributed by atoms with Gasteiger partial charge in [-0.05, 0) is 6.26 Å². The third kappa shape index (κ3) is 2.75. The summed E-state index contributed by atoms with van der Waals surface area (Å²) in [5.74, 6) is 1.28. The van der Waals surface area contributed by atoms with Crippen LogP contribution in [0, 0.1) is 0 Å². The van der Waals surface area contributed by atoms with Crippen LogP contribution in [0.4, 0.5) is 11.6 Å². The zero-order valence-electron chi connectivity index (χ0n) is 9.58. The summed E-state index contributed by atoms with van der Waals surface area (Å²) in [6, 6.07) is 1.84. The molecule has 7 heteroatoms. The van der Waals surface area contributed by atoms with Crippen LogP contribution in [-0.4, -0.2) is 31.1 Å². The second-order valence-electron chi connectivity index (χ2n) is 3.39. The number of nitrogens with zero attached hydrogens (tertiary/aromatic N) is 4. The van der Waals surface area contributed by atoms with Crippen molar-refractivity contribution < 1.29 is 5.11 Å². The fraction of sp³-hybridized carbons (Fsp3) is 0.300. The molecular formula is C10H13N5OS. The first-order chi connectivity index (χ1) is 8.22.